The van der Waals surface area contributed by atoms with Gasteiger partial charge in [0.25, 0.3) is 0 Å². The summed E-state index contributed by atoms with van der Waals surface area (Å²) in [4.78, 5) is 4.12. The molecule has 1 saturated heterocycles. The highest BCUT2D eigenvalue weighted by molar-refractivity contribution is 5.14. The van der Waals surface area contributed by atoms with Gasteiger partial charge in [0.1, 0.15) is 0 Å². The van der Waals surface area contributed by atoms with Crippen molar-refractivity contribution < 1.29 is 4.74 Å². The van der Waals surface area contributed by atoms with E-state index in [1.54, 1.807) is 6.20 Å². The van der Waals surface area contributed by atoms with E-state index in [1.165, 1.54) is 5.56 Å². The second-order valence-corrected chi connectivity index (χ2v) is 3.68. The maximum Gasteiger partial charge on any atom is 0.0880 e. The van der Waals surface area contributed by atoms with E-state index in [4.69, 9.17) is 4.74 Å². The number of hydrogen-bond acceptors (Lipinski definition) is 3. The first-order valence-corrected chi connectivity index (χ1v) is 5.08. The predicted molar refractivity (Wildman–Crippen MR) is 55.0 cm³/mol. The largest absolute Gasteiger partial charge is 0.373 e. The summed E-state index contributed by atoms with van der Waals surface area (Å²) >= 11 is 0. The Hall–Kier alpha value is -0.930. The van der Waals surface area contributed by atoms with Crippen LogP contribution in [0, 0.1) is 5.92 Å². The van der Waals surface area contributed by atoms with Crippen LogP contribution in [0.4, 0.5) is 0 Å². The van der Waals surface area contributed by atoms with Crippen molar-refractivity contribution in [2.75, 3.05) is 20.2 Å². The van der Waals surface area contributed by atoms with Crippen LogP contribution in [0.1, 0.15) is 18.1 Å². The van der Waals surface area contributed by atoms with Crippen LogP contribution < -0.4 is 5.32 Å². The lowest BCUT2D eigenvalue weighted by atomic mass is 9.96. The van der Waals surface area contributed by atoms with Crippen LogP contribution in [-0.4, -0.2) is 25.2 Å². The van der Waals surface area contributed by atoms with E-state index in [0.717, 1.165) is 19.6 Å². The summed E-state index contributed by atoms with van der Waals surface area (Å²) in [6, 6.07) is 4.05. The van der Waals surface area contributed by atoms with Crippen molar-refractivity contribution in [2.24, 2.45) is 5.92 Å². The minimum atomic E-state index is 0.233. The van der Waals surface area contributed by atoms with Gasteiger partial charge in [-0.25, -0.2) is 0 Å². The molecule has 2 unspecified atom stereocenters. The van der Waals surface area contributed by atoms with Gasteiger partial charge >= 0.3 is 0 Å². The van der Waals surface area contributed by atoms with Crippen LogP contribution in [-0.2, 0) is 4.74 Å². The molecule has 76 valence electrons. The molecule has 2 rings (SSSR count). The highest BCUT2D eigenvalue weighted by Crippen LogP contribution is 2.33. The lowest BCUT2D eigenvalue weighted by Crippen LogP contribution is -2.21. The number of rotatable bonds is 3. The highest BCUT2D eigenvalue weighted by atomic mass is 16.5. The molecule has 1 aromatic rings. The Morgan fingerprint density at radius 3 is 3.29 bits per heavy atom. The normalized spacial score (nSPS) is 26.6. The first-order chi connectivity index (χ1) is 6.92. The van der Waals surface area contributed by atoms with Crippen molar-refractivity contribution in [1.29, 1.82) is 0 Å². The van der Waals surface area contributed by atoms with Crippen molar-refractivity contribution in [3.05, 3.63) is 30.1 Å². The second kappa shape index (κ2) is 4.53. The average molecular weight is 192 g/mol. The Labute approximate surface area is 84.5 Å². The third-order valence-electron chi connectivity index (χ3n) is 2.69. The van der Waals surface area contributed by atoms with Crippen molar-refractivity contribution in [3.63, 3.8) is 0 Å². The third-order valence-corrected chi connectivity index (χ3v) is 2.69. The van der Waals surface area contributed by atoms with Gasteiger partial charge < -0.3 is 10.1 Å². The monoisotopic (exact) mass is 192 g/mol. The fourth-order valence-electron chi connectivity index (χ4n) is 2.02. The fourth-order valence-corrected chi connectivity index (χ4v) is 2.02. The Morgan fingerprint density at radius 1 is 1.64 bits per heavy atom. The highest BCUT2D eigenvalue weighted by Gasteiger charge is 2.28. The van der Waals surface area contributed by atoms with Crippen LogP contribution >= 0.6 is 0 Å². The molecule has 0 bridgehead atoms. The van der Waals surface area contributed by atoms with Crippen LogP contribution in [0.3, 0.4) is 0 Å². The van der Waals surface area contributed by atoms with Gasteiger partial charge in [0.2, 0.25) is 0 Å². The Bertz CT molecular complexity index is 276. The van der Waals surface area contributed by atoms with E-state index < -0.39 is 0 Å². The lowest BCUT2D eigenvalue weighted by Gasteiger charge is -2.17. The molecule has 3 heteroatoms. The van der Waals surface area contributed by atoms with Crippen molar-refractivity contribution in [1.82, 2.24) is 10.3 Å². The average Bonchev–Trinajstić information content (AvgIpc) is 2.68. The molecular formula is C11H16N2O. The van der Waals surface area contributed by atoms with Gasteiger partial charge in [0, 0.05) is 31.5 Å². The van der Waals surface area contributed by atoms with E-state index >= 15 is 0 Å². The van der Waals surface area contributed by atoms with E-state index in [9.17, 15) is 0 Å². The standard InChI is InChI=1S/C11H16N2O/c1-12-7-10-4-6-14-11(10)9-3-2-5-13-8-9/h2-3,5,8,10-12H,4,6-7H2,1H3. The van der Waals surface area contributed by atoms with Gasteiger partial charge in [0.05, 0.1) is 6.10 Å². The number of ether oxygens (including phenoxy) is 1. The molecule has 0 saturated carbocycles. The molecule has 1 fully saturated rings. The molecular weight excluding hydrogens is 176 g/mol. The lowest BCUT2D eigenvalue weighted by molar-refractivity contribution is 0.0907. The summed E-state index contributed by atoms with van der Waals surface area (Å²) in [7, 11) is 1.98. The SMILES string of the molecule is CNCC1CCOC1c1cccnc1. The van der Waals surface area contributed by atoms with Gasteiger partial charge in [0.15, 0.2) is 0 Å². The first kappa shape index (κ1) is 9.62. The predicted octanol–water partition coefficient (Wildman–Crippen LogP) is 1.38. The molecule has 0 aromatic carbocycles. The molecule has 0 amide bonds. The van der Waals surface area contributed by atoms with Crippen molar-refractivity contribution >= 4 is 0 Å². The number of aromatic nitrogens is 1. The molecule has 2 heterocycles. The Kier molecular flexibility index (Phi) is 3.11. The molecule has 1 aliphatic rings. The van der Waals surface area contributed by atoms with Crippen LogP contribution in [0.5, 0.6) is 0 Å². The maximum atomic E-state index is 5.72. The number of nitrogens with zero attached hydrogens (tertiary/aromatic N) is 1. The quantitative estimate of drug-likeness (QED) is 0.785. The summed E-state index contributed by atoms with van der Waals surface area (Å²) < 4.78 is 5.72. The number of nitrogens with one attached hydrogen (secondary N) is 1. The minimum Gasteiger partial charge on any atom is -0.373 e. The Morgan fingerprint density at radius 2 is 2.57 bits per heavy atom. The minimum absolute atomic E-state index is 0.233. The number of pyridine rings is 1. The van der Waals surface area contributed by atoms with Gasteiger partial charge in [-0.1, -0.05) is 6.07 Å². The van der Waals surface area contributed by atoms with E-state index in [0.29, 0.717) is 5.92 Å². The topological polar surface area (TPSA) is 34.1 Å². The molecule has 1 aromatic heterocycles. The van der Waals surface area contributed by atoms with E-state index in [2.05, 4.69) is 16.4 Å². The first-order valence-electron chi connectivity index (χ1n) is 5.08. The van der Waals surface area contributed by atoms with Crippen LogP contribution in [0.2, 0.25) is 0 Å². The molecule has 0 spiro atoms. The Balaban J connectivity index is 2.10. The molecule has 0 aliphatic carbocycles. The number of hydrogen-bond donors (Lipinski definition) is 1. The maximum absolute atomic E-state index is 5.72. The molecule has 14 heavy (non-hydrogen) atoms. The fraction of sp³-hybridized carbons (Fsp3) is 0.545. The zero-order valence-corrected chi connectivity index (χ0v) is 8.44. The zero-order valence-electron chi connectivity index (χ0n) is 8.44. The summed E-state index contributed by atoms with van der Waals surface area (Å²) in [5.74, 6) is 0.587. The van der Waals surface area contributed by atoms with Gasteiger partial charge in [-0.05, 0) is 25.1 Å². The second-order valence-electron chi connectivity index (χ2n) is 3.68. The third kappa shape index (κ3) is 1.94. The van der Waals surface area contributed by atoms with E-state index in [1.807, 2.05) is 19.3 Å². The van der Waals surface area contributed by atoms with Crippen molar-refractivity contribution in [2.45, 2.75) is 12.5 Å². The molecule has 1 N–H and O–H groups in total. The van der Waals surface area contributed by atoms with Crippen molar-refractivity contribution in [3.8, 4) is 0 Å². The molecule has 1 aliphatic heterocycles. The van der Waals surface area contributed by atoms with Crippen LogP contribution in [0.15, 0.2) is 24.5 Å². The van der Waals surface area contributed by atoms with Gasteiger partial charge in [-0.15, -0.1) is 0 Å². The summed E-state index contributed by atoms with van der Waals surface area (Å²) in [5.41, 5.74) is 1.20. The summed E-state index contributed by atoms with van der Waals surface area (Å²) in [6.45, 7) is 1.88. The summed E-state index contributed by atoms with van der Waals surface area (Å²) in [5, 5.41) is 3.21. The molecule has 3 nitrogen and oxygen atoms in total. The smallest absolute Gasteiger partial charge is 0.0880 e. The van der Waals surface area contributed by atoms with Gasteiger partial charge in [-0.3, -0.25) is 4.98 Å². The van der Waals surface area contributed by atoms with E-state index in [-0.39, 0.29) is 6.10 Å². The van der Waals surface area contributed by atoms with Crippen LogP contribution in [0.25, 0.3) is 0 Å². The van der Waals surface area contributed by atoms with Gasteiger partial charge in [-0.2, -0.15) is 0 Å². The molecule has 2 atom stereocenters. The molecule has 0 radical (unpaired) electrons. The zero-order chi connectivity index (χ0) is 9.80. The summed E-state index contributed by atoms with van der Waals surface area (Å²) in [6.07, 6.45) is 5.07.